The number of hydrogen-bond donors (Lipinski definition) is 1. The van der Waals surface area contributed by atoms with Gasteiger partial charge < -0.3 is 5.11 Å². The zero-order valence-corrected chi connectivity index (χ0v) is 9.43. The van der Waals surface area contributed by atoms with Crippen molar-refractivity contribution in [3.05, 3.63) is 35.4 Å². The summed E-state index contributed by atoms with van der Waals surface area (Å²) in [5, 5.41) is 10.4. The third kappa shape index (κ3) is 2.80. The molecule has 0 saturated carbocycles. The standard InChI is InChI=1S/C13H15F3O/c14-13(15,16)9-8-12(17)7-3-5-10-4-1-2-6-11(10)12/h1-2,4,6,17H,3,5,7-9H2. The molecule has 0 spiro atoms. The van der Waals surface area contributed by atoms with Crippen molar-refractivity contribution in [2.45, 2.75) is 43.9 Å². The molecule has 1 atom stereocenters. The van der Waals surface area contributed by atoms with Gasteiger partial charge >= 0.3 is 6.18 Å². The maximum Gasteiger partial charge on any atom is 0.389 e. The Hall–Kier alpha value is -1.03. The summed E-state index contributed by atoms with van der Waals surface area (Å²) in [6.45, 7) is 0. The van der Waals surface area contributed by atoms with E-state index in [0.29, 0.717) is 12.0 Å². The van der Waals surface area contributed by atoms with Crippen molar-refractivity contribution in [2.24, 2.45) is 0 Å². The fourth-order valence-corrected chi connectivity index (χ4v) is 2.51. The van der Waals surface area contributed by atoms with E-state index in [1.807, 2.05) is 12.1 Å². The van der Waals surface area contributed by atoms with Crippen molar-refractivity contribution in [1.82, 2.24) is 0 Å². The molecule has 4 heteroatoms. The van der Waals surface area contributed by atoms with Gasteiger partial charge in [0.1, 0.15) is 0 Å². The molecule has 1 aliphatic rings. The Bertz CT molecular complexity index is 400. The molecular formula is C13H15F3O. The fraction of sp³-hybridized carbons (Fsp3) is 0.538. The van der Waals surface area contributed by atoms with Gasteiger partial charge in [0.2, 0.25) is 0 Å². The average molecular weight is 244 g/mol. The van der Waals surface area contributed by atoms with Crippen molar-refractivity contribution in [1.29, 1.82) is 0 Å². The largest absolute Gasteiger partial charge is 0.389 e. The molecule has 0 aromatic heterocycles. The predicted octanol–water partition coefficient (Wildman–Crippen LogP) is 3.55. The highest BCUT2D eigenvalue weighted by Crippen LogP contribution is 2.40. The Morgan fingerprint density at radius 3 is 2.65 bits per heavy atom. The SMILES string of the molecule is OC1(CCC(F)(F)F)CCCc2ccccc21. The minimum atomic E-state index is -4.21. The second-order valence-electron chi connectivity index (χ2n) is 4.66. The second kappa shape index (κ2) is 4.33. The zero-order valence-electron chi connectivity index (χ0n) is 9.43. The summed E-state index contributed by atoms with van der Waals surface area (Å²) in [5.74, 6) is 0. The minimum Gasteiger partial charge on any atom is -0.385 e. The second-order valence-corrected chi connectivity index (χ2v) is 4.66. The van der Waals surface area contributed by atoms with Crippen LogP contribution in [0.4, 0.5) is 13.2 Å². The first kappa shape index (κ1) is 12.4. The zero-order chi connectivity index (χ0) is 12.5. The Morgan fingerprint density at radius 1 is 1.24 bits per heavy atom. The molecule has 0 heterocycles. The molecule has 1 N–H and O–H groups in total. The highest BCUT2D eigenvalue weighted by atomic mass is 19.4. The Labute approximate surface area is 98.3 Å². The Kier molecular flexibility index (Phi) is 3.17. The highest BCUT2D eigenvalue weighted by Gasteiger charge is 2.38. The average Bonchev–Trinajstić information content (AvgIpc) is 2.27. The predicted molar refractivity (Wildman–Crippen MR) is 58.6 cm³/mol. The number of aryl methyl sites for hydroxylation is 1. The molecule has 0 radical (unpaired) electrons. The summed E-state index contributed by atoms with van der Waals surface area (Å²) in [5.41, 5.74) is 0.351. The van der Waals surface area contributed by atoms with Crippen LogP contribution in [-0.4, -0.2) is 11.3 Å². The van der Waals surface area contributed by atoms with E-state index in [1.54, 1.807) is 12.1 Å². The molecule has 1 aromatic rings. The first-order chi connectivity index (χ1) is 7.91. The van der Waals surface area contributed by atoms with Gasteiger partial charge in [-0.3, -0.25) is 0 Å². The van der Waals surface area contributed by atoms with Crippen LogP contribution in [0.1, 0.15) is 36.8 Å². The number of rotatable bonds is 2. The van der Waals surface area contributed by atoms with Gasteiger partial charge in [-0.2, -0.15) is 13.2 Å². The third-order valence-electron chi connectivity index (χ3n) is 3.38. The first-order valence-corrected chi connectivity index (χ1v) is 5.78. The van der Waals surface area contributed by atoms with Gasteiger partial charge in [0, 0.05) is 6.42 Å². The van der Waals surface area contributed by atoms with Crippen LogP contribution in [0.25, 0.3) is 0 Å². The monoisotopic (exact) mass is 244 g/mol. The van der Waals surface area contributed by atoms with E-state index in [0.717, 1.165) is 18.4 Å². The number of alkyl halides is 3. The van der Waals surface area contributed by atoms with Crippen LogP contribution in [0.5, 0.6) is 0 Å². The van der Waals surface area contributed by atoms with E-state index in [1.165, 1.54) is 0 Å². The normalized spacial score (nSPS) is 24.5. The molecule has 0 bridgehead atoms. The van der Waals surface area contributed by atoms with Crippen LogP contribution in [0.2, 0.25) is 0 Å². The smallest absolute Gasteiger partial charge is 0.385 e. The molecule has 0 amide bonds. The van der Waals surface area contributed by atoms with Crippen molar-refractivity contribution < 1.29 is 18.3 Å². The lowest BCUT2D eigenvalue weighted by Crippen LogP contribution is -2.32. The van der Waals surface area contributed by atoms with Crippen LogP contribution in [0.15, 0.2) is 24.3 Å². The lowest BCUT2D eigenvalue weighted by Gasteiger charge is -2.34. The maximum absolute atomic E-state index is 12.2. The molecule has 94 valence electrons. The van der Waals surface area contributed by atoms with Gasteiger partial charge in [0.25, 0.3) is 0 Å². The van der Waals surface area contributed by atoms with Gasteiger partial charge in [-0.15, -0.1) is 0 Å². The minimum absolute atomic E-state index is 0.243. The van der Waals surface area contributed by atoms with E-state index in [2.05, 4.69) is 0 Å². The summed E-state index contributed by atoms with van der Waals surface area (Å²) in [6, 6.07) is 7.25. The van der Waals surface area contributed by atoms with Crippen molar-refractivity contribution in [2.75, 3.05) is 0 Å². The number of aliphatic hydroxyl groups is 1. The van der Waals surface area contributed by atoms with E-state index in [9.17, 15) is 18.3 Å². The molecule has 1 aromatic carbocycles. The lowest BCUT2D eigenvalue weighted by molar-refractivity contribution is -0.148. The molecular weight excluding hydrogens is 229 g/mol. The van der Waals surface area contributed by atoms with Crippen molar-refractivity contribution >= 4 is 0 Å². The van der Waals surface area contributed by atoms with Gasteiger partial charge in [-0.05, 0) is 36.8 Å². The summed E-state index contributed by atoms with van der Waals surface area (Å²) in [6.07, 6.45) is -3.39. The molecule has 1 nitrogen and oxygen atoms in total. The van der Waals surface area contributed by atoms with E-state index < -0.39 is 18.2 Å². The van der Waals surface area contributed by atoms with Crippen LogP contribution >= 0.6 is 0 Å². The van der Waals surface area contributed by atoms with Crippen molar-refractivity contribution in [3.63, 3.8) is 0 Å². The molecule has 17 heavy (non-hydrogen) atoms. The van der Waals surface area contributed by atoms with E-state index >= 15 is 0 Å². The quantitative estimate of drug-likeness (QED) is 0.843. The van der Waals surface area contributed by atoms with Gasteiger partial charge in [0.05, 0.1) is 5.60 Å². The summed E-state index contributed by atoms with van der Waals surface area (Å²) in [4.78, 5) is 0. The molecule has 2 rings (SSSR count). The number of benzene rings is 1. The molecule has 0 fully saturated rings. The van der Waals surface area contributed by atoms with Crippen molar-refractivity contribution in [3.8, 4) is 0 Å². The van der Waals surface area contributed by atoms with Crippen LogP contribution in [-0.2, 0) is 12.0 Å². The summed E-state index contributed by atoms with van der Waals surface area (Å²) in [7, 11) is 0. The van der Waals surface area contributed by atoms with Crippen LogP contribution in [0, 0.1) is 0 Å². The number of hydrogen-bond acceptors (Lipinski definition) is 1. The fourth-order valence-electron chi connectivity index (χ4n) is 2.51. The van der Waals surface area contributed by atoms with Gasteiger partial charge in [-0.1, -0.05) is 24.3 Å². The maximum atomic E-state index is 12.2. The number of fused-ring (bicyclic) bond motifs is 1. The van der Waals surface area contributed by atoms with Gasteiger partial charge in [0.15, 0.2) is 0 Å². The molecule has 0 saturated heterocycles. The van der Waals surface area contributed by atoms with E-state index in [-0.39, 0.29) is 6.42 Å². The summed E-state index contributed by atoms with van der Waals surface area (Å²) < 4.78 is 36.7. The number of halogens is 3. The molecule has 1 aliphatic carbocycles. The Balaban J connectivity index is 2.21. The molecule has 1 unspecified atom stereocenters. The van der Waals surface area contributed by atoms with Crippen LogP contribution < -0.4 is 0 Å². The molecule has 0 aliphatic heterocycles. The summed E-state index contributed by atoms with van der Waals surface area (Å²) >= 11 is 0. The third-order valence-corrected chi connectivity index (χ3v) is 3.38. The highest BCUT2D eigenvalue weighted by molar-refractivity contribution is 5.34. The van der Waals surface area contributed by atoms with E-state index in [4.69, 9.17) is 0 Å². The topological polar surface area (TPSA) is 20.2 Å². The Morgan fingerprint density at radius 2 is 1.94 bits per heavy atom. The van der Waals surface area contributed by atoms with Crippen LogP contribution in [0.3, 0.4) is 0 Å². The lowest BCUT2D eigenvalue weighted by atomic mass is 9.76. The first-order valence-electron chi connectivity index (χ1n) is 5.78. The van der Waals surface area contributed by atoms with Gasteiger partial charge in [-0.25, -0.2) is 0 Å².